The van der Waals surface area contributed by atoms with E-state index in [-0.39, 0.29) is 17.0 Å². The van der Waals surface area contributed by atoms with Gasteiger partial charge in [0.15, 0.2) is 5.58 Å². The van der Waals surface area contributed by atoms with Crippen LogP contribution in [0.3, 0.4) is 0 Å². The van der Waals surface area contributed by atoms with Crippen molar-refractivity contribution >= 4 is 37.1 Å². The molecule has 0 aliphatic rings. The summed E-state index contributed by atoms with van der Waals surface area (Å²) in [5.41, 5.74) is 1.67. The Kier molecular flexibility index (Phi) is 4.37. The highest BCUT2D eigenvalue weighted by Crippen LogP contribution is 2.22. The number of aromatic nitrogens is 1. The second-order valence-corrected chi connectivity index (χ2v) is 8.40. The number of oxazole rings is 1. The summed E-state index contributed by atoms with van der Waals surface area (Å²) < 4.78 is 34.0. The van der Waals surface area contributed by atoms with Gasteiger partial charge in [0.2, 0.25) is 10.0 Å². The highest BCUT2D eigenvalue weighted by atomic mass is 79.9. The minimum absolute atomic E-state index is 0.0870. The van der Waals surface area contributed by atoms with Crippen molar-refractivity contribution < 1.29 is 12.8 Å². The number of aryl methyl sites for hydroxylation is 1. The summed E-state index contributed by atoms with van der Waals surface area (Å²) >= 11 is 3.35. The van der Waals surface area contributed by atoms with Gasteiger partial charge >= 0.3 is 5.76 Å². The molecule has 8 heteroatoms. The van der Waals surface area contributed by atoms with Crippen molar-refractivity contribution in [3.63, 3.8) is 0 Å². The Morgan fingerprint density at radius 3 is 2.50 bits per heavy atom. The summed E-state index contributed by atoms with van der Waals surface area (Å²) in [6, 6.07) is 11.9. The van der Waals surface area contributed by atoms with Crippen molar-refractivity contribution in [3.05, 3.63) is 63.1 Å². The van der Waals surface area contributed by atoms with Crippen molar-refractivity contribution in [3.8, 4) is 0 Å². The SMILES string of the molecule is CN(Cc1ccc(Br)cc1)S(=O)(=O)c1ccc2c(c1)oc(=O)n2C. The number of nitrogens with zero attached hydrogens (tertiary/aromatic N) is 2. The van der Waals surface area contributed by atoms with Crippen LogP contribution in [0.25, 0.3) is 11.1 Å². The van der Waals surface area contributed by atoms with Gasteiger partial charge in [0.1, 0.15) is 0 Å². The Morgan fingerprint density at radius 2 is 1.83 bits per heavy atom. The van der Waals surface area contributed by atoms with Crippen LogP contribution in [0.15, 0.2) is 61.0 Å². The number of halogens is 1. The monoisotopic (exact) mass is 410 g/mol. The number of fused-ring (bicyclic) bond motifs is 1. The predicted molar refractivity (Wildman–Crippen MR) is 94.2 cm³/mol. The lowest BCUT2D eigenvalue weighted by atomic mass is 10.2. The highest BCUT2D eigenvalue weighted by molar-refractivity contribution is 9.10. The molecule has 0 aliphatic carbocycles. The zero-order valence-electron chi connectivity index (χ0n) is 13.1. The average Bonchev–Trinajstić information content (AvgIpc) is 2.83. The summed E-state index contributed by atoms with van der Waals surface area (Å²) in [5.74, 6) is -0.525. The lowest BCUT2D eigenvalue weighted by Crippen LogP contribution is -2.26. The van der Waals surface area contributed by atoms with Crippen LogP contribution in [0, 0.1) is 0 Å². The Labute approximate surface area is 147 Å². The maximum absolute atomic E-state index is 12.7. The smallest absolute Gasteiger partial charge is 0.408 e. The largest absolute Gasteiger partial charge is 0.419 e. The molecule has 24 heavy (non-hydrogen) atoms. The molecule has 3 aromatic rings. The van der Waals surface area contributed by atoms with Gasteiger partial charge in [-0.15, -0.1) is 0 Å². The van der Waals surface area contributed by atoms with Gasteiger partial charge in [-0.1, -0.05) is 28.1 Å². The molecule has 0 amide bonds. The Morgan fingerprint density at radius 1 is 1.17 bits per heavy atom. The fraction of sp³-hybridized carbons (Fsp3) is 0.188. The molecule has 6 nitrogen and oxygen atoms in total. The van der Waals surface area contributed by atoms with Crippen LogP contribution in [0.1, 0.15) is 5.56 Å². The lowest BCUT2D eigenvalue weighted by molar-refractivity contribution is 0.466. The van der Waals surface area contributed by atoms with Crippen LogP contribution < -0.4 is 5.76 Å². The van der Waals surface area contributed by atoms with E-state index in [1.54, 1.807) is 13.1 Å². The molecule has 0 aliphatic heterocycles. The fourth-order valence-corrected chi connectivity index (χ4v) is 3.83. The van der Waals surface area contributed by atoms with E-state index in [0.29, 0.717) is 5.52 Å². The Balaban J connectivity index is 1.94. The van der Waals surface area contributed by atoms with Gasteiger partial charge in [0.05, 0.1) is 10.4 Å². The molecule has 2 aromatic carbocycles. The maximum atomic E-state index is 12.7. The third-order valence-corrected chi connectivity index (χ3v) is 6.12. The van der Waals surface area contributed by atoms with E-state index in [1.807, 2.05) is 24.3 Å². The standard InChI is InChI=1S/C16H15BrN2O4S/c1-18(10-11-3-5-12(17)6-4-11)24(21,22)13-7-8-14-15(9-13)23-16(20)19(14)2/h3-9H,10H2,1-2H3. The molecule has 3 rings (SSSR count). The number of hydrogen-bond donors (Lipinski definition) is 0. The molecule has 0 unspecified atom stereocenters. The second-order valence-electron chi connectivity index (χ2n) is 5.44. The molecule has 0 N–H and O–H groups in total. The van der Waals surface area contributed by atoms with Crippen LogP contribution in [0.4, 0.5) is 0 Å². The first-order valence-electron chi connectivity index (χ1n) is 7.09. The van der Waals surface area contributed by atoms with Gasteiger partial charge in [0.25, 0.3) is 0 Å². The normalized spacial score (nSPS) is 12.2. The predicted octanol–water partition coefficient (Wildman–Crippen LogP) is 2.71. The summed E-state index contributed by atoms with van der Waals surface area (Å²) in [7, 11) is -0.604. The van der Waals surface area contributed by atoms with Crippen LogP contribution in [-0.4, -0.2) is 24.3 Å². The molecule has 0 saturated heterocycles. The van der Waals surface area contributed by atoms with Crippen molar-refractivity contribution in [1.29, 1.82) is 0 Å². The van der Waals surface area contributed by atoms with Crippen molar-refractivity contribution in [2.24, 2.45) is 7.05 Å². The van der Waals surface area contributed by atoms with Crippen LogP contribution in [-0.2, 0) is 23.6 Å². The summed E-state index contributed by atoms with van der Waals surface area (Å²) in [6.07, 6.45) is 0. The van der Waals surface area contributed by atoms with Crippen molar-refractivity contribution in [2.75, 3.05) is 7.05 Å². The summed E-state index contributed by atoms with van der Waals surface area (Å²) in [4.78, 5) is 11.6. The minimum atomic E-state index is -3.69. The van der Waals surface area contributed by atoms with E-state index in [0.717, 1.165) is 10.0 Å². The number of benzene rings is 2. The summed E-state index contributed by atoms with van der Waals surface area (Å²) in [5, 5.41) is 0. The lowest BCUT2D eigenvalue weighted by Gasteiger charge is -2.17. The number of sulfonamides is 1. The molecule has 1 aromatic heterocycles. The maximum Gasteiger partial charge on any atom is 0.419 e. The Bertz CT molecular complexity index is 1050. The molecule has 0 fully saturated rings. The molecule has 0 bridgehead atoms. The fourth-order valence-electron chi connectivity index (χ4n) is 2.39. The van der Waals surface area contributed by atoms with Gasteiger partial charge in [-0.3, -0.25) is 4.57 Å². The molecule has 0 spiro atoms. The molecular formula is C16H15BrN2O4S. The summed E-state index contributed by atoms with van der Waals surface area (Å²) in [6.45, 7) is 0.242. The molecule has 0 atom stereocenters. The van der Waals surface area contributed by atoms with Gasteiger partial charge in [0, 0.05) is 31.2 Å². The van der Waals surface area contributed by atoms with E-state index in [1.165, 1.54) is 28.1 Å². The first kappa shape index (κ1) is 16.9. The van der Waals surface area contributed by atoms with E-state index in [4.69, 9.17) is 4.42 Å². The van der Waals surface area contributed by atoms with Crippen LogP contribution in [0.5, 0.6) is 0 Å². The molecular weight excluding hydrogens is 396 g/mol. The number of rotatable bonds is 4. The van der Waals surface area contributed by atoms with Gasteiger partial charge in [-0.05, 0) is 29.8 Å². The quantitative estimate of drug-likeness (QED) is 0.662. The van der Waals surface area contributed by atoms with E-state index in [2.05, 4.69) is 15.9 Å². The zero-order chi connectivity index (χ0) is 17.5. The van der Waals surface area contributed by atoms with E-state index < -0.39 is 15.8 Å². The van der Waals surface area contributed by atoms with Crippen molar-refractivity contribution in [1.82, 2.24) is 8.87 Å². The average molecular weight is 411 g/mol. The van der Waals surface area contributed by atoms with E-state index in [9.17, 15) is 13.2 Å². The second kappa shape index (κ2) is 6.19. The third kappa shape index (κ3) is 3.04. The first-order valence-corrected chi connectivity index (χ1v) is 9.33. The molecule has 0 saturated carbocycles. The molecule has 0 radical (unpaired) electrons. The van der Waals surface area contributed by atoms with Crippen LogP contribution >= 0.6 is 15.9 Å². The third-order valence-electron chi connectivity index (χ3n) is 3.79. The topological polar surface area (TPSA) is 72.5 Å². The number of hydrogen-bond acceptors (Lipinski definition) is 4. The first-order chi connectivity index (χ1) is 11.3. The minimum Gasteiger partial charge on any atom is -0.408 e. The van der Waals surface area contributed by atoms with E-state index >= 15 is 0 Å². The van der Waals surface area contributed by atoms with Crippen molar-refractivity contribution in [2.45, 2.75) is 11.4 Å². The Hall–Kier alpha value is -1.90. The van der Waals surface area contributed by atoms with Gasteiger partial charge in [-0.2, -0.15) is 4.31 Å². The zero-order valence-corrected chi connectivity index (χ0v) is 15.5. The van der Waals surface area contributed by atoms with Gasteiger partial charge in [-0.25, -0.2) is 13.2 Å². The van der Waals surface area contributed by atoms with Crippen LogP contribution in [0.2, 0.25) is 0 Å². The van der Waals surface area contributed by atoms with Gasteiger partial charge < -0.3 is 4.42 Å². The molecule has 126 valence electrons. The molecule has 1 heterocycles. The highest BCUT2D eigenvalue weighted by Gasteiger charge is 2.22.